The summed E-state index contributed by atoms with van der Waals surface area (Å²) in [5.74, 6) is 1.69. The number of amides is 1. The van der Waals surface area contributed by atoms with E-state index in [0.717, 1.165) is 37.8 Å². The molecule has 0 bridgehead atoms. The zero-order valence-corrected chi connectivity index (χ0v) is 17.3. The smallest absolute Gasteiger partial charge is 0.279 e. The van der Waals surface area contributed by atoms with E-state index in [0.29, 0.717) is 30.2 Å². The van der Waals surface area contributed by atoms with Gasteiger partial charge in [-0.3, -0.25) is 4.79 Å². The van der Waals surface area contributed by atoms with Gasteiger partial charge in [-0.2, -0.15) is 4.31 Å². The summed E-state index contributed by atoms with van der Waals surface area (Å²) in [7, 11) is -3.40. The molecule has 1 aromatic carbocycles. The predicted molar refractivity (Wildman–Crippen MR) is 109 cm³/mol. The number of anilines is 1. The molecule has 7 heteroatoms. The maximum absolute atomic E-state index is 12.6. The van der Waals surface area contributed by atoms with Gasteiger partial charge in [0.25, 0.3) is 5.91 Å². The molecule has 0 aromatic heterocycles. The van der Waals surface area contributed by atoms with E-state index in [1.54, 1.807) is 28.6 Å². The number of sulfonamides is 1. The molecule has 154 valence electrons. The molecular formula is C21H32N3O3S+. The van der Waals surface area contributed by atoms with E-state index in [4.69, 9.17) is 0 Å². The maximum Gasteiger partial charge on any atom is 0.279 e. The van der Waals surface area contributed by atoms with Crippen LogP contribution in [0.5, 0.6) is 0 Å². The average molecular weight is 407 g/mol. The number of piperidine rings is 1. The first kappa shape index (κ1) is 19.9. The number of nitrogens with zero attached hydrogens (tertiary/aromatic N) is 1. The molecule has 1 saturated carbocycles. The summed E-state index contributed by atoms with van der Waals surface area (Å²) in [6, 6.07) is 6.60. The minimum Gasteiger partial charge on any atom is -0.327 e. The molecule has 4 rings (SSSR count). The molecule has 2 aliphatic heterocycles. The minimum absolute atomic E-state index is 0.0133. The molecule has 1 unspecified atom stereocenters. The minimum atomic E-state index is -3.40. The molecule has 3 fully saturated rings. The van der Waals surface area contributed by atoms with Crippen molar-refractivity contribution >= 4 is 21.6 Å². The summed E-state index contributed by atoms with van der Waals surface area (Å²) >= 11 is 0. The first-order valence-corrected chi connectivity index (χ1v) is 12.2. The molecule has 2 heterocycles. The highest BCUT2D eigenvalue weighted by Gasteiger charge is 2.34. The van der Waals surface area contributed by atoms with Gasteiger partial charge in [-0.15, -0.1) is 0 Å². The number of rotatable bonds is 5. The summed E-state index contributed by atoms with van der Waals surface area (Å²) in [6.07, 6.45) is 8.51. The fraction of sp³-hybridized carbons (Fsp3) is 0.667. The molecule has 1 aromatic rings. The quantitative estimate of drug-likeness (QED) is 0.779. The lowest BCUT2D eigenvalue weighted by atomic mass is 9.75. The van der Waals surface area contributed by atoms with Crippen molar-refractivity contribution in [2.45, 2.75) is 49.8 Å². The number of carbonyl (C=O) groups is 1. The highest BCUT2D eigenvalue weighted by molar-refractivity contribution is 7.89. The normalized spacial score (nSPS) is 28.6. The summed E-state index contributed by atoms with van der Waals surface area (Å²) in [5, 5.41) is 2.94. The fourth-order valence-corrected chi connectivity index (χ4v) is 6.69. The lowest BCUT2D eigenvalue weighted by Crippen LogP contribution is -3.15. The van der Waals surface area contributed by atoms with Crippen molar-refractivity contribution in [3.8, 4) is 0 Å². The topological polar surface area (TPSA) is 70.9 Å². The van der Waals surface area contributed by atoms with Crippen LogP contribution in [0, 0.1) is 11.8 Å². The highest BCUT2D eigenvalue weighted by atomic mass is 32.2. The van der Waals surface area contributed by atoms with E-state index in [9.17, 15) is 13.2 Å². The number of quaternary nitrogens is 1. The Morgan fingerprint density at radius 1 is 1.00 bits per heavy atom. The van der Waals surface area contributed by atoms with Crippen molar-refractivity contribution in [1.29, 1.82) is 0 Å². The third-order valence-corrected chi connectivity index (χ3v) is 8.65. The second kappa shape index (κ2) is 8.51. The van der Waals surface area contributed by atoms with Crippen LogP contribution in [-0.2, 0) is 14.8 Å². The highest BCUT2D eigenvalue weighted by Crippen LogP contribution is 2.32. The number of benzene rings is 1. The van der Waals surface area contributed by atoms with Crippen LogP contribution >= 0.6 is 0 Å². The van der Waals surface area contributed by atoms with Crippen LogP contribution in [0.3, 0.4) is 0 Å². The van der Waals surface area contributed by atoms with Gasteiger partial charge in [0.15, 0.2) is 6.54 Å². The van der Waals surface area contributed by atoms with Crippen LogP contribution in [0.15, 0.2) is 29.2 Å². The molecule has 3 aliphatic rings. The van der Waals surface area contributed by atoms with Crippen molar-refractivity contribution in [3.63, 3.8) is 0 Å². The average Bonchev–Trinajstić information content (AvgIpc) is 3.24. The Morgan fingerprint density at radius 3 is 2.39 bits per heavy atom. The Hall–Kier alpha value is -1.44. The number of fused-ring (bicyclic) bond motifs is 1. The van der Waals surface area contributed by atoms with Crippen LogP contribution in [0.2, 0.25) is 0 Å². The zero-order valence-electron chi connectivity index (χ0n) is 16.5. The number of likely N-dealkylation sites (tertiary alicyclic amines) is 1. The molecule has 2 N–H and O–H groups in total. The molecule has 6 nitrogen and oxygen atoms in total. The fourth-order valence-electron chi connectivity index (χ4n) is 5.18. The van der Waals surface area contributed by atoms with E-state index < -0.39 is 10.0 Å². The Balaban J connectivity index is 1.31. The molecule has 2 saturated heterocycles. The molecule has 0 spiro atoms. The maximum atomic E-state index is 12.6. The summed E-state index contributed by atoms with van der Waals surface area (Å²) < 4.78 is 26.7. The third-order valence-electron chi connectivity index (χ3n) is 6.74. The van der Waals surface area contributed by atoms with Crippen molar-refractivity contribution in [2.75, 3.05) is 38.0 Å². The molecule has 3 atom stereocenters. The molecule has 1 amide bonds. The van der Waals surface area contributed by atoms with E-state index >= 15 is 0 Å². The van der Waals surface area contributed by atoms with Crippen molar-refractivity contribution in [2.24, 2.45) is 11.8 Å². The van der Waals surface area contributed by atoms with Gasteiger partial charge >= 0.3 is 0 Å². The number of carbonyl (C=O) groups excluding carboxylic acids is 1. The van der Waals surface area contributed by atoms with Gasteiger partial charge in [-0.05, 0) is 62.3 Å². The Bertz CT molecular complexity index is 788. The Morgan fingerprint density at radius 2 is 1.68 bits per heavy atom. The predicted octanol–water partition coefficient (Wildman–Crippen LogP) is 1.50. The van der Waals surface area contributed by atoms with Crippen LogP contribution in [-0.4, -0.2) is 51.4 Å². The number of hydrogen-bond acceptors (Lipinski definition) is 3. The van der Waals surface area contributed by atoms with Crippen LogP contribution in [0.1, 0.15) is 44.9 Å². The standard InChI is InChI=1S/C21H31N3O3S/c25-21(16-23-14-11-17-5-1-2-6-18(17)15-23)22-19-7-9-20(10-8-19)28(26,27)24-12-3-4-13-24/h7-10,17-18H,1-6,11-16H2,(H,22,25)/p+1/t17-,18+/m0/s1. The van der Waals surface area contributed by atoms with E-state index in [-0.39, 0.29) is 5.91 Å². The van der Waals surface area contributed by atoms with Gasteiger partial charge in [0, 0.05) is 24.7 Å². The van der Waals surface area contributed by atoms with E-state index in [1.165, 1.54) is 37.0 Å². The molecule has 0 radical (unpaired) electrons. The molecule has 28 heavy (non-hydrogen) atoms. The Labute approximate surface area is 168 Å². The Kier molecular flexibility index (Phi) is 6.04. The van der Waals surface area contributed by atoms with Gasteiger partial charge in [0.1, 0.15) is 0 Å². The molecule has 1 aliphatic carbocycles. The van der Waals surface area contributed by atoms with Crippen molar-refractivity contribution in [1.82, 2.24) is 4.31 Å². The van der Waals surface area contributed by atoms with Gasteiger partial charge in [-0.25, -0.2) is 8.42 Å². The molecular weight excluding hydrogens is 374 g/mol. The van der Waals surface area contributed by atoms with Gasteiger partial charge in [0.2, 0.25) is 10.0 Å². The lowest BCUT2D eigenvalue weighted by Gasteiger charge is -2.38. The lowest BCUT2D eigenvalue weighted by molar-refractivity contribution is -0.902. The summed E-state index contributed by atoms with van der Waals surface area (Å²) in [4.78, 5) is 14.2. The van der Waals surface area contributed by atoms with Gasteiger partial charge in [-0.1, -0.05) is 12.8 Å². The largest absolute Gasteiger partial charge is 0.327 e. The second-order valence-corrected chi connectivity index (χ2v) is 10.6. The van der Waals surface area contributed by atoms with Crippen molar-refractivity contribution < 1.29 is 18.1 Å². The van der Waals surface area contributed by atoms with Crippen molar-refractivity contribution in [3.05, 3.63) is 24.3 Å². The van der Waals surface area contributed by atoms with Gasteiger partial charge < -0.3 is 10.2 Å². The third kappa shape index (κ3) is 4.42. The summed E-state index contributed by atoms with van der Waals surface area (Å²) in [5.41, 5.74) is 0.664. The second-order valence-electron chi connectivity index (χ2n) is 8.66. The van der Waals surface area contributed by atoms with Crippen LogP contribution in [0.25, 0.3) is 0 Å². The first-order chi connectivity index (χ1) is 13.5. The van der Waals surface area contributed by atoms with E-state index in [1.807, 2.05) is 0 Å². The number of nitrogens with one attached hydrogen (secondary N) is 2. The first-order valence-electron chi connectivity index (χ1n) is 10.8. The van der Waals surface area contributed by atoms with E-state index in [2.05, 4.69) is 5.32 Å². The zero-order chi connectivity index (χ0) is 19.6. The van der Waals surface area contributed by atoms with Crippen LogP contribution < -0.4 is 10.2 Å². The van der Waals surface area contributed by atoms with Crippen LogP contribution in [0.4, 0.5) is 5.69 Å². The number of hydrogen-bond donors (Lipinski definition) is 2. The van der Waals surface area contributed by atoms with Gasteiger partial charge in [0.05, 0.1) is 18.0 Å². The SMILES string of the molecule is O=C(C[NH+]1CC[C@@H]2CCCC[C@@H]2C1)Nc1ccc(S(=O)(=O)N2CCCC2)cc1. The monoisotopic (exact) mass is 406 g/mol. The summed E-state index contributed by atoms with van der Waals surface area (Å²) in [6.45, 7) is 3.90.